The van der Waals surface area contributed by atoms with Gasteiger partial charge in [0.15, 0.2) is 0 Å². The summed E-state index contributed by atoms with van der Waals surface area (Å²) in [6, 6.07) is 7.68. The minimum Gasteiger partial charge on any atom is -0.463 e. The van der Waals surface area contributed by atoms with E-state index in [1.54, 1.807) is 6.07 Å². The van der Waals surface area contributed by atoms with Crippen molar-refractivity contribution in [2.75, 3.05) is 11.9 Å². The molecule has 7 heteroatoms. The van der Waals surface area contributed by atoms with Crippen LogP contribution in [-0.4, -0.2) is 30.6 Å². The van der Waals surface area contributed by atoms with Crippen LogP contribution in [0.3, 0.4) is 0 Å². The van der Waals surface area contributed by atoms with Gasteiger partial charge in [-0.15, -0.1) is 0 Å². The molecule has 0 aromatic heterocycles. The molecule has 1 heterocycles. The van der Waals surface area contributed by atoms with Crippen LogP contribution >= 0.6 is 0 Å². The number of anilines is 1. The average molecular weight is 288 g/mol. The first-order chi connectivity index (χ1) is 10.1. The van der Waals surface area contributed by atoms with Crippen LogP contribution in [-0.2, 0) is 19.1 Å². The van der Waals surface area contributed by atoms with Gasteiger partial charge in [0.05, 0.1) is 18.2 Å². The fraction of sp³-hybridized carbons (Fsp3) is 0.286. The molecule has 0 spiro atoms. The van der Waals surface area contributed by atoms with Gasteiger partial charge in [-0.1, -0.05) is 0 Å². The first-order valence-electron chi connectivity index (χ1n) is 6.24. The molecule has 0 bridgehead atoms. The van der Waals surface area contributed by atoms with Crippen LogP contribution < -0.4 is 5.32 Å². The number of rotatable bonds is 4. The molecule has 0 radical (unpaired) electrons. The lowest BCUT2D eigenvalue weighted by Crippen LogP contribution is -2.22. The van der Waals surface area contributed by atoms with Gasteiger partial charge in [0, 0.05) is 12.1 Å². The molecule has 1 atom stereocenters. The third-order valence-corrected chi connectivity index (χ3v) is 2.78. The number of nitrogens with one attached hydrogen (secondary N) is 1. The van der Waals surface area contributed by atoms with Crippen LogP contribution in [0, 0.1) is 11.3 Å². The van der Waals surface area contributed by atoms with Crippen molar-refractivity contribution in [3.8, 4) is 6.07 Å². The molecule has 7 nitrogen and oxygen atoms in total. The van der Waals surface area contributed by atoms with Crippen molar-refractivity contribution in [3.05, 3.63) is 29.8 Å². The maximum Gasteiger partial charge on any atom is 0.347 e. The third kappa shape index (κ3) is 3.79. The van der Waals surface area contributed by atoms with E-state index in [1.165, 1.54) is 24.3 Å². The summed E-state index contributed by atoms with van der Waals surface area (Å²) in [4.78, 5) is 34.2. The minimum atomic E-state index is -0.854. The third-order valence-electron chi connectivity index (χ3n) is 2.78. The van der Waals surface area contributed by atoms with Gasteiger partial charge in [-0.05, 0) is 24.3 Å². The molecule has 1 aromatic carbocycles. The van der Waals surface area contributed by atoms with Crippen molar-refractivity contribution in [2.45, 2.75) is 18.9 Å². The summed E-state index contributed by atoms with van der Waals surface area (Å²) in [5.41, 5.74) is 0.722. The van der Waals surface area contributed by atoms with E-state index in [9.17, 15) is 14.4 Å². The fourth-order valence-corrected chi connectivity index (χ4v) is 1.75. The van der Waals surface area contributed by atoms with Crippen molar-refractivity contribution in [1.29, 1.82) is 5.26 Å². The van der Waals surface area contributed by atoms with Crippen LogP contribution in [0.2, 0.25) is 0 Å². The van der Waals surface area contributed by atoms with Crippen LogP contribution in [0.1, 0.15) is 23.2 Å². The van der Waals surface area contributed by atoms with Gasteiger partial charge in [-0.3, -0.25) is 4.79 Å². The highest BCUT2D eigenvalue weighted by Crippen LogP contribution is 2.15. The predicted octanol–water partition coefficient (Wildman–Crippen LogP) is 1.01. The zero-order valence-electron chi connectivity index (χ0n) is 11.0. The molecular weight excluding hydrogens is 276 g/mol. The molecule has 2 rings (SSSR count). The minimum absolute atomic E-state index is 0.242. The maximum atomic E-state index is 11.8. The molecular formula is C14H12N2O5. The Hall–Kier alpha value is -2.88. The van der Waals surface area contributed by atoms with Gasteiger partial charge >= 0.3 is 11.9 Å². The van der Waals surface area contributed by atoms with Crippen molar-refractivity contribution >= 4 is 23.5 Å². The van der Waals surface area contributed by atoms with Crippen LogP contribution in [0.25, 0.3) is 0 Å². The Morgan fingerprint density at radius 1 is 1.38 bits per heavy atom. The molecule has 0 saturated carbocycles. The van der Waals surface area contributed by atoms with Gasteiger partial charge in [-0.25, -0.2) is 9.59 Å². The van der Waals surface area contributed by atoms with Crippen molar-refractivity contribution < 1.29 is 23.9 Å². The Labute approximate surface area is 120 Å². The highest BCUT2D eigenvalue weighted by Gasteiger charge is 2.30. The Morgan fingerprint density at radius 3 is 2.67 bits per heavy atom. The number of hydrogen-bond acceptors (Lipinski definition) is 6. The summed E-state index contributed by atoms with van der Waals surface area (Å²) in [7, 11) is 0. The number of amides is 1. The number of esters is 2. The molecule has 1 aliphatic rings. The maximum absolute atomic E-state index is 11.8. The summed E-state index contributed by atoms with van der Waals surface area (Å²) in [6.45, 7) is 0.251. The normalized spacial score (nSPS) is 16.7. The Kier molecular flexibility index (Phi) is 4.51. The largest absolute Gasteiger partial charge is 0.463 e. The van der Waals surface area contributed by atoms with Gasteiger partial charge in [-0.2, -0.15) is 5.26 Å². The summed E-state index contributed by atoms with van der Waals surface area (Å²) in [6.07, 6.45) is -0.743. The fourth-order valence-electron chi connectivity index (χ4n) is 1.75. The molecule has 1 saturated heterocycles. The van der Waals surface area contributed by atoms with Gasteiger partial charge in [0.25, 0.3) is 0 Å². The smallest absolute Gasteiger partial charge is 0.347 e. The Morgan fingerprint density at radius 2 is 2.10 bits per heavy atom. The second-order valence-corrected chi connectivity index (χ2v) is 4.31. The second-order valence-electron chi connectivity index (χ2n) is 4.31. The topological polar surface area (TPSA) is 105 Å². The number of nitriles is 1. The molecule has 0 aliphatic carbocycles. The number of hydrogen-bond donors (Lipinski definition) is 1. The number of carbonyl (C=O) groups excluding carboxylic acids is 3. The second kappa shape index (κ2) is 6.52. The number of ether oxygens (including phenoxy) is 2. The monoisotopic (exact) mass is 288 g/mol. The molecule has 1 fully saturated rings. The SMILES string of the molecule is N#CCC(=O)Nc1ccc(C(=O)O[C@H]2CCOC2=O)cc1. The van der Waals surface area contributed by atoms with Gasteiger partial charge in [0.1, 0.15) is 6.42 Å². The van der Waals surface area contributed by atoms with Crippen LogP contribution in [0.4, 0.5) is 5.69 Å². The number of nitrogens with zero attached hydrogens (tertiary/aromatic N) is 1. The zero-order valence-corrected chi connectivity index (χ0v) is 11.0. The van der Waals surface area contributed by atoms with E-state index >= 15 is 0 Å². The number of cyclic esters (lactones) is 1. The molecule has 1 amide bonds. The van der Waals surface area contributed by atoms with Crippen LogP contribution in [0.15, 0.2) is 24.3 Å². The summed E-state index contributed by atoms with van der Waals surface area (Å²) in [5.74, 6) is -1.60. The molecule has 1 aromatic rings. The quantitative estimate of drug-likeness (QED) is 0.829. The molecule has 0 unspecified atom stereocenters. The number of carbonyl (C=O) groups is 3. The summed E-state index contributed by atoms with van der Waals surface area (Å²) < 4.78 is 9.72. The van der Waals surface area contributed by atoms with Gasteiger partial charge < -0.3 is 14.8 Å². The molecule has 21 heavy (non-hydrogen) atoms. The lowest BCUT2D eigenvalue weighted by molar-refractivity contribution is -0.145. The first kappa shape index (κ1) is 14.5. The molecule has 1 aliphatic heterocycles. The molecule has 108 valence electrons. The van der Waals surface area contributed by atoms with Crippen molar-refractivity contribution in [2.24, 2.45) is 0 Å². The molecule has 1 N–H and O–H groups in total. The van der Waals surface area contributed by atoms with Crippen LogP contribution in [0.5, 0.6) is 0 Å². The van der Waals surface area contributed by atoms with Crippen molar-refractivity contribution in [1.82, 2.24) is 0 Å². The lowest BCUT2D eigenvalue weighted by atomic mass is 10.2. The van der Waals surface area contributed by atoms with E-state index in [1.807, 2.05) is 0 Å². The van der Waals surface area contributed by atoms with E-state index in [2.05, 4.69) is 5.32 Å². The predicted molar refractivity (Wildman–Crippen MR) is 70.1 cm³/mol. The van der Waals surface area contributed by atoms with Gasteiger partial charge in [0.2, 0.25) is 12.0 Å². The highest BCUT2D eigenvalue weighted by atomic mass is 16.6. The lowest BCUT2D eigenvalue weighted by Gasteiger charge is -2.09. The zero-order chi connectivity index (χ0) is 15.2. The Balaban J connectivity index is 1.95. The summed E-state index contributed by atoms with van der Waals surface area (Å²) >= 11 is 0. The standard InChI is InChI=1S/C14H12N2O5/c15-7-5-12(17)16-10-3-1-9(2-4-10)13(18)21-11-6-8-20-14(11)19/h1-4,11H,5-6,8H2,(H,16,17)/t11-/m0/s1. The highest BCUT2D eigenvalue weighted by molar-refractivity contribution is 5.94. The van der Waals surface area contributed by atoms with E-state index in [0.29, 0.717) is 12.1 Å². The number of benzene rings is 1. The average Bonchev–Trinajstić information content (AvgIpc) is 2.85. The van der Waals surface area contributed by atoms with E-state index < -0.39 is 23.9 Å². The van der Waals surface area contributed by atoms with Crippen molar-refractivity contribution in [3.63, 3.8) is 0 Å². The Bertz CT molecular complexity index is 603. The van der Waals surface area contributed by atoms with E-state index in [-0.39, 0.29) is 18.6 Å². The first-order valence-corrected chi connectivity index (χ1v) is 6.24. The summed E-state index contributed by atoms with van der Waals surface area (Å²) in [5, 5.41) is 10.9. The van der Waals surface area contributed by atoms with E-state index in [4.69, 9.17) is 14.7 Å². The van der Waals surface area contributed by atoms with E-state index in [0.717, 1.165) is 0 Å².